The van der Waals surface area contributed by atoms with Gasteiger partial charge in [-0.2, -0.15) is 0 Å². The van der Waals surface area contributed by atoms with Crippen LogP contribution in [-0.4, -0.2) is 36.0 Å². The lowest BCUT2D eigenvalue weighted by Crippen LogP contribution is -2.12. The Labute approximate surface area is 199 Å². The molecule has 2 aromatic carbocycles. The molecule has 34 heavy (non-hydrogen) atoms. The van der Waals surface area contributed by atoms with E-state index < -0.39 is 0 Å². The van der Waals surface area contributed by atoms with Crippen LogP contribution in [0.3, 0.4) is 0 Å². The quantitative estimate of drug-likeness (QED) is 0.385. The zero-order chi connectivity index (χ0) is 23.5. The molecule has 0 aliphatic carbocycles. The summed E-state index contributed by atoms with van der Waals surface area (Å²) >= 11 is 0. The predicted molar refractivity (Wildman–Crippen MR) is 135 cm³/mol. The van der Waals surface area contributed by atoms with Crippen molar-refractivity contribution in [3.8, 4) is 17.2 Å². The molecule has 1 aliphatic heterocycles. The van der Waals surface area contributed by atoms with Crippen molar-refractivity contribution >= 4 is 22.8 Å². The zero-order valence-corrected chi connectivity index (χ0v) is 19.6. The molecule has 0 spiro atoms. The minimum absolute atomic E-state index is 0.495. The molecule has 0 bridgehead atoms. The summed E-state index contributed by atoms with van der Waals surface area (Å²) in [7, 11) is 5.32. The third kappa shape index (κ3) is 4.27. The van der Waals surface area contributed by atoms with Gasteiger partial charge in [0, 0.05) is 36.3 Å². The maximum Gasteiger partial charge on any atom is 0.161 e. The Balaban J connectivity index is 1.44. The number of hydrogen-bond donors (Lipinski definition) is 0. The van der Waals surface area contributed by atoms with E-state index in [0.29, 0.717) is 12.4 Å². The van der Waals surface area contributed by atoms with Crippen molar-refractivity contribution in [1.82, 2.24) is 9.55 Å². The van der Waals surface area contributed by atoms with Crippen LogP contribution in [0.15, 0.2) is 72.0 Å². The van der Waals surface area contributed by atoms with Crippen LogP contribution >= 0.6 is 0 Å². The Morgan fingerprint density at radius 3 is 2.65 bits per heavy atom. The number of benzene rings is 2. The molecule has 0 radical (unpaired) electrons. The van der Waals surface area contributed by atoms with Crippen molar-refractivity contribution in [2.75, 3.05) is 20.8 Å². The summed E-state index contributed by atoms with van der Waals surface area (Å²) in [5.41, 5.74) is 6.31. The Morgan fingerprint density at radius 1 is 1.00 bits per heavy atom. The molecule has 0 amide bonds. The number of rotatable bonds is 7. The highest BCUT2D eigenvalue weighted by Crippen LogP contribution is 2.34. The predicted octanol–water partition coefficient (Wildman–Crippen LogP) is 5.23. The number of pyridine rings is 1. The summed E-state index contributed by atoms with van der Waals surface area (Å²) < 4.78 is 19.2. The first kappa shape index (κ1) is 21.8. The Kier molecular flexibility index (Phi) is 6.04. The topological polar surface area (TPSA) is 57.9 Å². The lowest BCUT2D eigenvalue weighted by atomic mass is 9.96. The summed E-state index contributed by atoms with van der Waals surface area (Å²) in [6.07, 6.45) is 8.83. The van der Waals surface area contributed by atoms with Crippen LogP contribution in [0.1, 0.15) is 22.3 Å². The van der Waals surface area contributed by atoms with Crippen molar-refractivity contribution in [3.63, 3.8) is 0 Å². The van der Waals surface area contributed by atoms with Crippen LogP contribution in [0, 0.1) is 0 Å². The highest BCUT2D eigenvalue weighted by Gasteiger charge is 2.18. The first-order valence-electron chi connectivity index (χ1n) is 11.3. The molecular weight excluding hydrogens is 426 g/mol. The lowest BCUT2D eigenvalue weighted by Gasteiger charge is -2.19. The molecule has 0 unspecified atom stereocenters. The lowest BCUT2D eigenvalue weighted by molar-refractivity contribution is 0.284. The highest BCUT2D eigenvalue weighted by molar-refractivity contribution is 6.13. The summed E-state index contributed by atoms with van der Waals surface area (Å²) in [6, 6.07) is 16.3. The second-order valence-corrected chi connectivity index (χ2v) is 8.23. The number of allylic oxidation sites excluding steroid dienone is 1. The molecule has 5 rings (SSSR count). The monoisotopic (exact) mass is 453 g/mol. The van der Waals surface area contributed by atoms with Crippen LogP contribution in [0.2, 0.25) is 0 Å². The largest absolute Gasteiger partial charge is 0.495 e. The van der Waals surface area contributed by atoms with Gasteiger partial charge in [-0.15, -0.1) is 0 Å². The van der Waals surface area contributed by atoms with Gasteiger partial charge in [0.1, 0.15) is 18.0 Å². The van der Waals surface area contributed by atoms with E-state index in [1.807, 2.05) is 41.9 Å². The van der Waals surface area contributed by atoms with Crippen LogP contribution in [0.5, 0.6) is 17.2 Å². The van der Waals surface area contributed by atoms with Gasteiger partial charge in [-0.1, -0.05) is 36.4 Å². The van der Waals surface area contributed by atoms with Crippen molar-refractivity contribution < 1.29 is 14.2 Å². The van der Waals surface area contributed by atoms with Gasteiger partial charge < -0.3 is 18.8 Å². The van der Waals surface area contributed by atoms with Crippen LogP contribution in [0.4, 0.5) is 0 Å². The highest BCUT2D eigenvalue weighted by atomic mass is 16.5. The van der Waals surface area contributed by atoms with Gasteiger partial charge in [0.15, 0.2) is 11.5 Å². The van der Waals surface area contributed by atoms with Crippen molar-refractivity contribution in [2.45, 2.75) is 13.0 Å². The molecular formula is C28H27N3O3. The molecule has 1 aliphatic rings. The average Bonchev–Trinajstić information content (AvgIpc) is 3.20. The van der Waals surface area contributed by atoms with E-state index in [2.05, 4.69) is 41.5 Å². The Bertz CT molecular complexity index is 1390. The molecule has 6 nitrogen and oxygen atoms in total. The molecule has 6 heteroatoms. The zero-order valence-electron chi connectivity index (χ0n) is 19.6. The number of hydrogen-bond acceptors (Lipinski definition) is 5. The van der Waals surface area contributed by atoms with E-state index in [0.717, 1.165) is 57.9 Å². The van der Waals surface area contributed by atoms with E-state index in [-0.39, 0.29) is 0 Å². The standard InChI is InChI=1S/C28H27N3O3/c1-31-17-21(24-14-22(32-2)16-30-28(24)31)9-10-25-23-15-26(33-3)27(13-20(23)11-12-29-25)34-18-19-7-5-4-6-8-19/h4-10,13-17H,11-12,18H2,1-3H3/b10-9+. The van der Waals surface area contributed by atoms with Crippen molar-refractivity contribution in [1.29, 1.82) is 0 Å². The van der Waals surface area contributed by atoms with E-state index in [1.54, 1.807) is 20.4 Å². The van der Waals surface area contributed by atoms with Crippen molar-refractivity contribution in [3.05, 3.63) is 89.3 Å². The summed E-state index contributed by atoms with van der Waals surface area (Å²) in [6.45, 7) is 1.23. The first-order valence-corrected chi connectivity index (χ1v) is 11.3. The number of aryl methyl sites for hydroxylation is 1. The SMILES string of the molecule is COc1cnc2c(c1)c(/C=C/C1=NCCc3cc(OCc4ccccc4)c(OC)cc31)cn2C. The second-order valence-electron chi connectivity index (χ2n) is 8.23. The molecule has 0 saturated carbocycles. The van der Waals surface area contributed by atoms with Gasteiger partial charge in [0.05, 0.1) is 26.1 Å². The maximum absolute atomic E-state index is 6.11. The summed E-state index contributed by atoms with van der Waals surface area (Å²) in [4.78, 5) is 9.31. The normalized spacial score (nSPS) is 13.1. The molecule has 0 N–H and O–H groups in total. The molecule has 3 heterocycles. The number of methoxy groups -OCH3 is 2. The van der Waals surface area contributed by atoms with E-state index in [1.165, 1.54) is 5.56 Å². The molecule has 0 fully saturated rings. The van der Waals surface area contributed by atoms with Gasteiger partial charge in [-0.3, -0.25) is 4.99 Å². The average molecular weight is 454 g/mol. The fraction of sp³-hybridized carbons (Fsp3) is 0.214. The van der Waals surface area contributed by atoms with E-state index in [9.17, 15) is 0 Å². The minimum Gasteiger partial charge on any atom is -0.495 e. The Hall–Kier alpha value is -4.06. The van der Waals surface area contributed by atoms with Gasteiger partial charge in [-0.05, 0) is 41.8 Å². The number of fused-ring (bicyclic) bond motifs is 2. The third-order valence-corrected chi connectivity index (χ3v) is 6.04. The second kappa shape index (κ2) is 9.43. The number of ether oxygens (including phenoxy) is 3. The van der Waals surface area contributed by atoms with Gasteiger partial charge in [0.25, 0.3) is 0 Å². The Morgan fingerprint density at radius 2 is 1.85 bits per heavy atom. The number of aliphatic imine (C=N–C) groups is 1. The first-order chi connectivity index (χ1) is 16.7. The third-order valence-electron chi connectivity index (χ3n) is 6.04. The smallest absolute Gasteiger partial charge is 0.161 e. The number of aromatic nitrogens is 2. The molecule has 0 atom stereocenters. The van der Waals surface area contributed by atoms with E-state index >= 15 is 0 Å². The fourth-order valence-electron chi connectivity index (χ4n) is 4.26. The van der Waals surface area contributed by atoms with Gasteiger partial charge in [0.2, 0.25) is 0 Å². The van der Waals surface area contributed by atoms with E-state index in [4.69, 9.17) is 19.2 Å². The van der Waals surface area contributed by atoms with Crippen molar-refractivity contribution in [2.24, 2.45) is 12.0 Å². The van der Waals surface area contributed by atoms with Crippen LogP contribution < -0.4 is 14.2 Å². The maximum atomic E-state index is 6.11. The summed E-state index contributed by atoms with van der Waals surface area (Å²) in [5, 5.41) is 1.04. The molecule has 0 saturated heterocycles. The van der Waals surface area contributed by atoms with Crippen LogP contribution in [0.25, 0.3) is 17.1 Å². The number of nitrogens with zero attached hydrogens (tertiary/aromatic N) is 3. The molecule has 4 aromatic rings. The van der Waals surface area contributed by atoms with Gasteiger partial charge >= 0.3 is 0 Å². The minimum atomic E-state index is 0.495. The molecule has 172 valence electrons. The van der Waals surface area contributed by atoms with Crippen LogP contribution in [-0.2, 0) is 20.1 Å². The molecule has 2 aromatic heterocycles. The summed E-state index contributed by atoms with van der Waals surface area (Å²) in [5.74, 6) is 2.20. The fourth-order valence-corrected chi connectivity index (χ4v) is 4.26. The van der Waals surface area contributed by atoms with Gasteiger partial charge in [-0.25, -0.2) is 4.98 Å².